The van der Waals surface area contributed by atoms with Crippen molar-refractivity contribution in [3.63, 3.8) is 0 Å². The first-order chi connectivity index (χ1) is 12.2. The van der Waals surface area contributed by atoms with Gasteiger partial charge in [0.1, 0.15) is 6.54 Å². The van der Waals surface area contributed by atoms with Gasteiger partial charge in [-0.1, -0.05) is 60.7 Å². The maximum absolute atomic E-state index is 12.6. The van der Waals surface area contributed by atoms with Crippen molar-refractivity contribution in [2.75, 3.05) is 0 Å². The molecule has 0 aliphatic carbocycles. The number of hydrogen-bond acceptors (Lipinski definition) is 3. The number of carbonyl (C=O) groups is 1. The van der Waals surface area contributed by atoms with E-state index in [1.54, 1.807) is 0 Å². The van der Waals surface area contributed by atoms with Crippen LogP contribution in [0.15, 0.2) is 65.7 Å². The summed E-state index contributed by atoms with van der Waals surface area (Å²) in [6.07, 6.45) is 0. The van der Waals surface area contributed by atoms with E-state index in [-0.39, 0.29) is 12.4 Å². The van der Waals surface area contributed by atoms with E-state index >= 15 is 0 Å². The molecule has 5 nitrogen and oxygen atoms in total. The fourth-order valence-corrected chi connectivity index (χ4v) is 3.18. The van der Waals surface area contributed by atoms with E-state index in [0.717, 1.165) is 11.1 Å². The molecule has 1 aliphatic rings. The van der Waals surface area contributed by atoms with Crippen LogP contribution < -0.4 is 0 Å². The molecule has 2 aromatic carbocycles. The molecule has 1 aliphatic heterocycles. The van der Waals surface area contributed by atoms with Gasteiger partial charge < -0.3 is 5.11 Å². The second-order valence-electron chi connectivity index (χ2n) is 5.66. The molecule has 5 heteroatoms. The standard InChI is InChI=1S/C20H13N3O2/c21-11-12-23-18(14-9-5-2-6-10-14)16-15(20(23)25)17(22-19(16)24)13-7-3-1-4-8-13/h1-10,25H,12H2. The number of aromatic hydroxyl groups is 1. The summed E-state index contributed by atoms with van der Waals surface area (Å²) in [6, 6.07) is 20.5. The average Bonchev–Trinajstić information content (AvgIpc) is 3.13. The highest BCUT2D eigenvalue weighted by molar-refractivity contribution is 6.30. The van der Waals surface area contributed by atoms with Crippen LogP contribution in [0.1, 0.15) is 21.5 Å². The number of aromatic nitrogens is 1. The molecule has 0 bridgehead atoms. The minimum absolute atomic E-state index is 0.0571. The zero-order valence-corrected chi connectivity index (χ0v) is 13.2. The molecule has 0 fully saturated rings. The third-order valence-corrected chi connectivity index (χ3v) is 4.22. The molecule has 0 radical (unpaired) electrons. The summed E-state index contributed by atoms with van der Waals surface area (Å²) >= 11 is 0. The number of fused-ring (bicyclic) bond motifs is 1. The molecule has 0 saturated carbocycles. The fourth-order valence-electron chi connectivity index (χ4n) is 3.18. The van der Waals surface area contributed by atoms with Gasteiger partial charge in [-0.05, 0) is 5.56 Å². The van der Waals surface area contributed by atoms with E-state index in [1.807, 2.05) is 66.7 Å². The largest absolute Gasteiger partial charge is 0.494 e. The van der Waals surface area contributed by atoms with E-state index in [1.165, 1.54) is 4.57 Å². The molecule has 0 unspecified atom stereocenters. The smallest absolute Gasteiger partial charge is 0.280 e. The van der Waals surface area contributed by atoms with Crippen LogP contribution in [0.3, 0.4) is 0 Å². The van der Waals surface area contributed by atoms with Crippen LogP contribution in [0.4, 0.5) is 0 Å². The second-order valence-corrected chi connectivity index (χ2v) is 5.66. The van der Waals surface area contributed by atoms with Gasteiger partial charge in [0.25, 0.3) is 5.91 Å². The number of amides is 1. The highest BCUT2D eigenvalue weighted by Gasteiger charge is 2.35. The van der Waals surface area contributed by atoms with Crippen molar-refractivity contribution >= 4 is 11.6 Å². The Hall–Kier alpha value is -3.65. The van der Waals surface area contributed by atoms with Crippen molar-refractivity contribution in [3.05, 3.63) is 77.4 Å². The van der Waals surface area contributed by atoms with E-state index in [2.05, 4.69) is 4.99 Å². The molecule has 1 aromatic heterocycles. The Morgan fingerprint density at radius 3 is 2.16 bits per heavy atom. The first kappa shape index (κ1) is 14.9. The van der Waals surface area contributed by atoms with Gasteiger partial charge in [0.15, 0.2) is 0 Å². The van der Waals surface area contributed by atoms with E-state index in [0.29, 0.717) is 22.5 Å². The Labute approximate surface area is 144 Å². The molecule has 1 N–H and O–H groups in total. The highest BCUT2D eigenvalue weighted by atomic mass is 16.3. The van der Waals surface area contributed by atoms with Crippen LogP contribution in [-0.4, -0.2) is 21.3 Å². The van der Waals surface area contributed by atoms with Gasteiger partial charge in [0.2, 0.25) is 5.88 Å². The minimum atomic E-state index is -0.403. The van der Waals surface area contributed by atoms with Crippen LogP contribution in [0.2, 0.25) is 0 Å². The Morgan fingerprint density at radius 1 is 0.960 bits per heavy atom. The van der Waals surface area contributed by atoms with Gasteiger partial charge in [-0.15, -0.1) is 0 Å². The molecule has 120 valence electrons. The van der Waals surface area contributed by atoms with Crippen LogP contribution in [-0.2, 0) is 6.54 Å². The predicted octanol–water partition coefficient (Wildman–Crippen LogP) is 3.38. The van der Waals surface area contributed by atoms with Gasteiger partial charge in [-0.25, -0.2) is 4.99 Å². The van der Waals surface area contributed by atoms with Crippen LogP contribution in [0.5, 0.6) is 5.88 Å². The molecule has 0 saturated heterocycles. The quantitative estimate of drug-likeness (QED) is 0.801. The van der Waals surface area contributed by atoms with E-state index in [9.17, 15) is 9.90 Å². The summed E-state index contributed by atoms with van der Waals surface area (Å²) < 4.78 is 1.47. The van der Waals surface area contributed by atoms with Crippen molar-refractivity contribution < 1.29 is 9.90 Å². The van der Waals surface area contributed by atoms with Crippen molar-refractivity contribution in [3.8, 4) is 23.2 Å². The molecule has 1 amide bonds. The molecular formula is C20H13N3O2. The molecule has 0 atom stereocenters. The Balaban J connectivity index is 2.01. The van der Waals surface area contributed by atoms with Crippen LogP contribution in [0, 0.1) is 11.3 Å². The van der Waals surface area contributed by atoms with Crippen molar-refractivity contribution in [2.45, 2.75) is 6.54 Å². The van der Waals surface area contributed by atoms with Gasteiger partial charge in [-0.3, -0.25) is 9.36 Å². The monoisotopic (exact) mass is 327 g/mol. The van der Waals surface area contributed by atoms with Gasteiger partial charge in [0.05, 0.1) is 28.6 Å². The number of carbonyl (C=O) groups excluding carboxylic acids is 1. The highest BCUT2D eigenvalue weighted by Crippen LogP contribution is 2.40. The van der Waals surface area contributed by atoms with Crippen LogP contribution in [0.25, 0.3) is 11.3 Å². The van der Waals surface area contributed by atoms with Crippen molar-refractivity contribution in [2.24, 2.45) is 4.99 Å². The lowest BCUT2D eigenvalue weighted by Gasteiger charge is -2.08. The molecule has 4 rings (SSSR count). The summed E-state index contributed by atoms with van der Waals surface area (Å²) in [7, 11) is 0. The first-order valence-electron chi connectivity index (χ1n) is 7.79. The van der Waals surface area contributed by atoms with Gasteiger partial charge in [-0.2, -0.15) is 5.26 Å². The lowest BCUT2D eigenvalue weighted by molar-refractivity contribution is 0.101. The number of benzene rings is 2. The third kappa shape index (κ3) is 2.24. The molecule has 3 aromatic rings. The maximum atomic E-state index is 12.6. The molecule has 0 spiro atoms. The summed E-state index contributed by atoms with van der Waals surface area (Å²) in [5, 5.41) is 19.9. The Bertz CT molecular complexity index is 1040. The second kappa shape index (κ2) is 5.77. The predicted molar refractivity (Wildman–Crippen MR) is 93.6 cm³/mol. The normalized spacial score (nSPS) is 12.6. The number of rotatable bonds is 3. The lowest BCUT2D eigenvalue weighted by Crippen LogP contribution is -2.03. The van der Waals surface area contributed by atoms with Crippen molar-refractivity contribution in [1.82, 2.24) is 4.57 Å². The lowest BCUT2D eigenvalue weighted by atomic mass is 10.0. The summed E-state index contributed by atoms with van der Waals surface area (Å²) in [6.45, 7) is -0.0571. The number of nitrogens with zero attached hydrogens (tertiary/aromatic N) is 3. The van der Waals surface area contributed by atoms with Gasteiger partial charge in [0, 0.05) is 5.56 Å². The van der Waals surface area contributed by atoms with E-state index < -0.39 is 5.91 Å². The summed E-state index contributed by atoms with van der Waals surface area (Å²) in [5.41, 5.74) is 3.20. The number of aliphatic imine (C=N–C) groups is 1. The van der Waals surface area contributed by atoms with Crippen molar-refractivity contribution in [1.29, 1.82) is 5.26 Å². The Kier molecular flexibility index (Phi) is 3.44. The first-order valence-corrected chi connectivity index (χ1v) is 7.79. The van der Waals surface area contributed by atoms with Crippen LogP contribution >= 0.6 is 0 Å². The fraction of sp³-hybridized carbons (Fsp3) is 0.0500. The molecule has 2 heterocycles. The summed E-state index contributed by atoms with van der Waals surface area (Å²) in [5.74, 6) is -0.511. The topological polar surface area (TPSA) is 78.4 Å². The van der Waals surface area contributed by atoms with E-state index in [4.69, 9.17) is 5.26 Å². The summed E-state index contributed by atoms with van der Waals surface area (Å²) in [4.78, 5) is 16.8. The zero-order chi connectivity index (χ0) is 17.4. The van der Waals surface area contributed by atoms with Gasteiger partial charge >= 0.3 is 0 Å². The SMILES string of the molecule is N#CCn1c(O)c2c(c1-c1ccccc1)C(=O)N=C2c1ccccc1. The molecular weight excluding hydrogens is 314 g/mol. The zero-order valence-electron chi connectivity index (χ0n) is 13.2. The third-order valence-electron chi connectivity index (χ3n) is 4.22. The minimum Gasteiger partial charge on any atom is -0.494 e. The number of hydrogen-bond donors (Lipinski definition) is 1. The Morgan fingerprint density at radius 2 is 1.56 bits per heavy atom. The molecule has 25 heavy (non-hydrogen) atoms. The maximum Gasteiger partial charge on any atom is 0.280 e. The number of nitriles is 1. The average molecular weight is 327 g/mol.